The van der Waals surface area contributed by atoms with Crippen molar-refractivity contribution in [1.82, 2.24) is 0 Å². The monoisotopic (exact) mass is 325 g/mol. The first-order valence-electron chi connectivity index (χ1n) is 10.2. The Morgan fingerprint density at radius 1 is 1.12 bits per heavy atom. The summed E-state index contributed by atoms with van der Waals surface area (Å²) in [7, 11) is 0. The number of allylic oxidation sites excluding steroid dienone is 2. The standard InChI is InChI=1S/C22H31NO/c1-14-6-9-20(2)15(12-14)4-5-17-16(20)7-10-21(3)19(24)8-11-22(17,21)18-13-23-18/h6,9,13-18H,4-5,7-8,10-12H2,1-3H3/t14?,15?,16?,17?,18?,20-,21+,22?/m0/s1. The van der Waals surface area contributed by atoms with Crippen molar-refractivity contribution in [2.75, 3.05) is 0 Å². The highest BCUT2D eigenvalue weighted by Crippen LogP contribution is 2.72. The van der Waals surface area contributed by atoms with E-state index in [1.54, 1.807) is 0 Å². The van der Waals surface area contributed by atoms with Crippen LogP contribution in [0, 0.1) is 39.9 Å². The Kier molecular flexibility index (Phi) is 2.95. The number of rotatable bonds is 1. The van der Waals surface area contributed by atoms with Crippen LogP contribution < -0.4 is 0 Å². The van der Waals surface area contributed by atoms with Gasteiger partial charge in [0.05, 0.1) is 6.04 Å². The zero-order valence-electron chi connectivity index (χ0n) is 15.4. The van der Waals surface area contributed by atoms with Crippen LogP contribution in [0.5, 0.6) is 0 Å². The van der Waals surface area contributed by atoms with Crippen molar-refractivity contribution in [2.24, 2.45) is 44.9 Å². The number of carbonyl (C=O) groups is 1. The van der Waals surface area contributed by atoms with Crippen LogP contribution >= 0.6 is 0 Å². The molecular weight excluding hydrogens is 294 g/mol. The van der Waals surface area contributed by atoms with E-state index in [0.717, 1.165) is 37.0 Å². The van der Waals surface area contributed by atoms with Gasteiger partial charge in [-0.1, -0.05) is 32.9 Å². The molecule has 0 radical (unpaired) electrons. The predicted molar refractivity (Wildman–Crippen MR) is 97.0 cm³/mol. The molecule has 8 atom stereocenters. The number of fused-ring (bicyclic) bond motifs is 5. The van der Waals surface area contributed by atoms with Gasteiger partial charge in [0.15, 0.2) is 0 Å². The average molecular weight is 325 g/mol. The molecular formula is C22H31NO. The van der Waals surface area contributed by atoms with E-state index < -0.39 is 0 Å². The first-order valence-corrected chi connectivity index (χ1v) is 10.2. The van der Waals surface area contributed by atoms with E-state index in [9.17, 15) is 4.79 Å². The van der Waals surface area contributed by atoms with Crippen LogP contribution in [0.1, 0.15) is 65.7 Å². The molecule has 0 aromatic carbocycles. The molecule has 0 spiro atoms. The highest BCUT2D eigenvalue weighted by Gasteiger charge is 2.70. The zero-order chi connectivity index (χ0) is 16.7. The van der Waals surface area contributed by atoms with Crippen molar-refractivity contribution >= 4 is 12.0 Å². The smallest absolute Gasteiger partial charge is 0.139 e. The van der Waals surface area contributed by atoms with Crippen molar-refractivity contribution in [2.45, 2.75) is 71.8 Å². The summed E-state index contributed by atoms with van der Waals surface area (Å²) >= 11 is 0. The van der Waals surface area contributed by atoms with Crippen LogP contribution in [0.15, 0.2) is 17.1 Å². The lowest BCUT2D eigenvalue weighted by Crippen LogP contribution is -2.60. The quantitative estimate of drug-likeness (QED) is 0.635. The minimum absolute atomic E-state index is 0.107. The van der Waals surface area contributed by atoms with Gasteiger partial charge in [-0.2, -0.15) is 0 Å². The number of aliphatic imine (C=N–C) groups is 1. The predicted octanol–water partition coefficient (Wildman–Crippen LogP) is 4.83. The van der Waals surface area contributed by atoms with Gasteiger partial charge in [-0.15, -0.1) is 0 Å². The van der Waals surface area contributed by atoms with Gasteiger partial charge in [0, 0.05) is 23.5 Å². The number of Topliss-reactive ketones (excluding diaryl/α,β-unsaturated/α-hetero) is 1. The molecule has 0 bridgehead atoms. The third-order valence-electron chi connectivity index (χ3n) is 9.28. The fourth-order valence-electron chi connectivity index (χ4n) is 7.83. The van der Waals surface area contributed by atoms with E-state index >= 15 is 0 Å². The van der Waals surface area contributed by atoms with Gasteiger partial charge in [-0.25, -0.2) is 0 Å². The van der Waals surface area contributed by atoms with Crippen molar-refractivity contribution in [3.05, 3.63) is 12.2 Å². The SMILES string of the molecule is CC1C=C[C@@]2(C)C(CCC3C2CC[C@]2(C)C(=O)CCC32C2C=N2)C1. The van der Waals surface area contributed by atoms with Crippen molar-refractivity contribution in [3.8, 4) is 0 Å². The molecule has 0 saturated heterocycles. The third-order valence-corrected chi connectivity index (χ3v) is 9.28. The number of hydrogen-bond acceptors (Lipinski definition) is 2. The summed E-state index contributed by atoms with van der Waals surface area (Å²) in [6.45, 7) is 7.21. The first-order chi connectivity index (χ1) is 11.4. The number of ketones is 1. The summed E-state index contributed by atoms with van der Waals surface area (Å²) in [5, 5.41) is 0. The first kappa shape index (κ1) is 15.3. The van der Waals surface area contributed by atoms with E-state index in [1.165, 1.54) is 25.7 Å². The maximum absolute atomic E-state index is 12.9. The summed E-state index contributed by atoms with van der Waals surface area (Å²) < 4.78 is 0. The molecule has 0 aromatic rings. The normalized spacial score (nSPS) is 58.1. The van der Waals surface area contributed by atoms with Gasteiger partial charge < -0.3 is 0 Å². The maximum atomic E-state index is 12.9. The van der Waals surface area contributed by atoms with E-state index in [2.05, 4.69) is 44.1 Å². The highest BCUT2D eigenvalue weighted by molar-refractivity contribution is 5.91. The molecule has 3 saturated carbocycles. The Hall–Kier alpha value is -0.920. The van der Waals surface area contributed by atoms with E-state index in [1.807, 2.05) is 0 Å². The van der Waals surface area contributed by atoms with Gasteiger partial charge in [-0.05, 0) is 67.6 Å². The van der Waals surface area contributed by atoms with E-state index in [4.69, 9.17) is 0 Å². The molecule has 0 amide bonds. The lowest BCUT2D eigenvalue weighted by atomic mass is 9.40. The van der Waals surface area contributed by atoms with E-state index in [0.29, 0.717) is 23.2 Å². The molecule has 5 rings (SSSR count). The summed E-state index contributed by atoms with van der Waals surface area (Å²) in [6, 6.07) is 0.369. The Labute approximate surface area is 146 Å². The molecule has 1 heterocycles. The molecule has 3 fully saturated rings. The maximum Gasteiger partial charge on any atom is 0.139 e. The molecule has 4 aliphatic carbocycles. The van der Waals surface area contributed by atoms with Crippen molar-refractivity contribution < 1.29 is 4.79 Å². The van der Waals surface area contributed by atoms with Crippen molar-refractivity contribution in [1.29, 1.82) is 0 Å². The Balaban J connectivity index is 1.59. The van der Waals surface area contributed by atoms with Crippen LogP contribution in [0.2, 0.25) is 0 Å². The Morgan fingerprint density at radius 2 is 1.92 bits per heavy atom. The van der Waals surface area contributed by atoms with Gasteiger partial charge in [0.1, 0.15) is 5.78 Å². The Bertz CT molecular complexity index is 644. The van der Waals surface area contributed by atoms with Crippen LogP contribution in [0.4, 0.5) is 0 Å². The number of hydrogen-bond donors (Lipinski definition) is 0. The van der Waals surface area contributed by atoms with Gasteiger partial charge >= 0.3 is 0 Å². The van der Waals surface area contributed by atoms with Gasteiger partial charge in [0.2, 0.25) is 0 Å². The molecule has 5 aliphatic rings. The molecule has 0 aromatic heterocycles. The molecule has 6 unspecified atom stereocenters. The highest BCUT2D eigenvalue weighted by atomic mass is 16.1. The second-order valence-electron chi connectivity index (χ2n) is 10.0. The van der Waals surface area contributed by atoms with Gasteiger partial charge in [-0.3, -0.25) is 9.79 Å². The van der Waals surface area contributed by atoms with Crippen molar-refractivity contribution in [3.63, 3.8) is 0 Å². The van der Waals surface area contributed by atoms with Crippen LogP contribution in [0.3, 0.4) is 0 Å². The minimum Gasteiger partial charge on any atom is -0.299 e. The van der Waals surface area contributed by atoms with Gasteiger partial charge in [0.25, 0.3) is 0 Å². The minimum atomic E-state index is -0.107. The second kappa shape index (κ2) is 4.62. The fourth-order valence-corrected chi connectivity index (χ4v) is 7.83. The average Bonchev–Trinajstić information content (AvgIpc) is 3.36. The number of nitrogens with zero attached hydrogens (tertiary/aromatic N) is 1. The molecule has 0 N–H and O–H groups in total. The molecule has 130 valence electrons. The van der Waals surface area contributed by atoms with E-state index in [-0.39, 0.29) is 10.8 Å². The topological polar surface area (TPSA) is 29.4 Å². The fraction of sp³-hybridized carbons (Fsp3) is 0.818. The second-order valence-corrected chi connectivity index (χ2v) is 10.0. The lowest BCUT2D eigenvalue weighted by molar-refractivity contribution is -0.151. The zero-order valence-corrected chi connectivity index (χ0v) is 15.4. The molecule has 2 heteroatoms. The Morgan fingerprint density at radius 3 is 2.67 bits per heavy atom. The summed E-state index contributed by atoms with van der Waals surface area (Å²) in [5.74, 6) is 3.56. The third kappa shape index (κ3) is 1.64. The summed E-state index contributed by atoms with van der Waals surface area (Å²) in [4.78, 5) is 17.6. The summed E-state index contributed by atoms with van der Waals surface area (Å²) in [6.07, 6.45) is 15.5. The van der Waals surface area contributed by atoms with Crippen LogP contribution in [-0.2, 0) is 4.79 Å². The summed E-state index contributed by atoms with van der Waals surface area (Å²) in [5.41, 5.74) is 0.395. The van der Waals surface area contributed by atoms with Crippen LogP contribution in [-0.4, -0.2) is 18.0 Å². The number of carbonyl (C=O) groups excluding carboxylic acids is 1. The molecule has 24 heavy (non-hydrogen) atoms. The largest absolute Gasteiger partial charge is 0.299 e. The molecule has 1 aliphatic heterocycles. The lowest BCUT2D eigenvalue weighted by Gasteiger charge is -2.63. The van der Waals surface area contributed by atoms with Crippen LogP contribution in [0.25, 0.3) is 0 Å². The molecule has 2 nitrogen and oxygen atoms in total.